The van der Waals surface area contributed by atoms with Gasteiger partial charge >= 0.3 is 0 Å². The fourth-order valence-electron chi connectivity index (χ4n) is 2.53. The largest absolute Gasteiger partial charge is 0.396 e. The minimum atomic E-state index is -0.278. The number of nitrogens with zero attached hydrogens (tertiary/aromatic N) is 2. The van der Waals surface area contributed by atoms with Gasteiger partial charge in [-0.1, -0.05) is 0 Å². The smallest absolute Gasteiger partial charge is 0.243 e. The summed E-state index contributed by atoms with van der Waals surface area (Å²) in [4.78, 5) is 18.3. The molecule has 1 fully saturated rings. The van der Waals surface area contributed by atoms with E-state index in [-0.39, 0.29) is 24.0 Å². The highest BCUT2D eigenvalue weighted by atomic mass is 32.1. The van der Waals surface area contributed by atoms with E-state index < -0.39 is 0 Å². The van der Waals surface area contributed by atoms with Crippen molar-refractivity contribution >= 4 is 22.4 Å². The van der Waals surface area contributed by atoms with Crippen LogP contribution in [0, 0.1) is 5.41 Å². The number of carbonyl (C=O) groups excluding carboxylic acids is 1. The number of aliphatic hydroxyl groups excluding tert-OH is 1. The van der Waals surface area contributed by atoms with Crippen LogP contribution in [0.5, 0.6) is 0 Å². The third-order valence-corrected chi connectivity index (χ3v) is 4.87. The Morgan fingerprint density at radius 2 is 2.33 bits per heavy atom. The van der Waals surface area contributed by atoms with E-state index in [0.717, 1.165) is 12.8 Å². The van der Waals surface area contributed by atoms with Crippen molar-refractivity contribution in [3.8, 4) is 0 Å². The molecule has 1 atom stereocenters. The van der Waals surface area contributed by atoms with E-state index in [1.165, 1.54) is 11.3 Å². The second kappa shape index (κ2) is 7.31. The van der Waals surface area contributed by atoms with Crippen molar-refractivity contribution in [1.82, 2.24) is 9.88 Å². The van der Waals surface area contributed by atoms with Crippen LogP contribution in [0.4, 0.5) is 5.13 Å². The first-order chi connectivity index (χ1) is 10.1. The zero-order valence-electron chi connectivity index (χ0n) is 12.5. The van der Waals surface area contributed by atoms with Gasteiger partial charge in [-0.05, 0) is 26.8 Å². The van der Waals surface area contributed by atoms with E-state index in [1.807, 2.05) is 24.3 Å². The number of hydrogen-bond donors (Lipinski definition) is 2. The van der Waals surface area contributed by atoms with E-state index in [0.29, 0.717) is 24.9 Å². The van der Waals surface area contributed by atoms with Gasteiger partial charge in [-0.25, -0.2) is 4.98 Å². The van der Waals surface area contributed by atoms with Crippen LogP contribution >= 0.6 is 11.3 Å². The number of carbonyl (C=O) groups is 1. The van der Waals surface area contributed by atoms with Crippen molar-refractivity contribution in [1.29, 1.82) is 0 Å². The minimum absolute atomic E-state index is 0.0763. The summed E-state index contributed by atoms with van der Waals surface area (Å²) < 4.78 is 5.37. The maximum Gasteiger partial charge on any atom is 0.243 e. The van der Waals surface area contributed by atoms with Crippen LogP contribution in [0.15, 0.2) is 11.6 Å². The van der Waals surface area contributed by atoms with Gasteiger partial charge in [-0.3, -0.25) is 9.69 Å². The number of ether oxygens (including phenoxy) is 1. The molecule has 0 bridgehead atoms. The molecule has 0 spiro atoms. The van der Waals surface area contributed by atoms with E-state index >= 15 is 0 Å². The lowest BCUT2D eigenvalue weighted by Gasteiger charge is -2.39. The highest BCUT2D eigenvalue weighted by Gasteiger charge is 2.35. The zero-order chi connectivity index (χ0) is 15.3. The fraction of sp³-hybridized carbons (Fsp3) is 0.714. The standard InChI is InChI=1S/C14H23N3O3S/c1-11(12(19)16-13-15-5-8-21-13)17(2)9-14(10-18)3-6-20-7-4-14/h5,8,11,18H,3-4,6-7,9-10H2,1-2H3,(H,15,16,19)/t11-/m1/s1. The lowest BCUT2D eigenvalue weighted by molar-refractivity contribution is -0.121. The summed E-state index contributed by atoms with van der Waals surface area (Å²) in [6, 6.07) is -0.278. The number of rotatable bonds is 6. The van der Waals surface area contributed by atoms with E-state index in [1.54, 1.807) is 6.20 Å². The number of hydrogen-bond acceptors (Lipinski definition) is 6. The molecule has 0 radical (unpaired) electrons. The van der Waals surface area contributed by atoms with E-state index in [4.69, 9.17) is 4.74 Å². The normalized spacial score (nSPS) is 19.4. The topological polar surface area (TPSA) is 74.7 Å². The predicted octanol–water partition coefficient (Wildman–Crippen LogP) is 1.19. The van der Waals surface area contributed by atoms with Crippen molar-refractivity contribution in [3.05, 3.63) is 11.6 Å². The lowest BCUT2D eigenvalue weighted by atomic mass is 9.80. The van der Waals surface area contributed by atoms with Gasteiger partial charge < -0.3 is 15.2 Å². The molecule has 21 heavy (non-hydrogen) atoms. The quantitative estimate of drug-likeness (QED) is 0.825. The average molecular weight is 313 g/mol. The molecule has 0 aromatic carbocycles. The second-order valence-electron chi connectivity index (χ2n) is 5.69. The highest BCUT2D eigenvalue weighted by Crippen LogP contribution is 2.31. The summed E-state index contributed by atoms with van der Waals surface area (Å²) in [7, 11) is 1.92. The van der Waals surface area contributed by atoms with Crippen molar-refractivity contribution in [2.45, 2.75) is 25.8 Å². The molecular formula is C14H23N3O3S. The minimum Gasteiger partial charge on any atom is -0.396 e. The maximum absolute atomic E-state index is 12.2. The lowest BCUT2D eigenvalue weighted by Crippen LogP contribution is -2.48. The Morgan fingerprint density at radius 1 is 1.62 bits per heavy atom. The zero-order valence-corrected chi connectivity index (χ0v) is 13.4. The fourth-order valence-corrected chi connectivity index (χ4v) is 3.06. The van der Waals surface area contributed by atoms with Crippen molar-refractivity contribution < 1.29 is 14.6 Å². The molecule has 1 amide bonds. The number of amides is 1. The van der Waals surface area contributed by atoms with Gasteiger partial charge in [-0.15, -0.1) is 11.3 Å². The molecule has 1 aromatic rings. The Bertz CT molecular complexity index is 446. The van der Waals surface area contributed by atoms with Crippen LogP contribution < -0.4 is 5.32 Å². The number of anilines is 1. The molecule has 1 saturated heterocycles. The molecule has 6 nitrogen and oxygen atoms in total. The summed E-state index contributed by atoms with van der Waals surface area (Å²) in [5, 5.41) is 15.0. The second-order valence-corrected chi connectivity index (χ2v) is 6.58. The van der Waals surface area contributed by atoms with Crippen LogP contribution in [0.25, 0.3) is 0 Å². The third-order valence-electron chi connectivity index (χ3n) is 4.18. The SMILES string of the molecule is C[C@H](C(=O)Nc1nccs1)N(C)CC1(CO)CCOCC1. The van der Waals surface area contributed by atoms with Crippen LogP contribution in [-0.4, -0.2) is 60.4 Å². The molecule has 1 aliphatic rings. The van der Waals surface area contributed by atoms with Crippen LogP contribution in [-0.2, 0) is 9.53 Å². The van der Waals surface area contributed by atoms with Gasteiger partial charge in [0.25, 0.3) is 0 Å². The van der Waals surface area contributed by atoms with Crippen LogP contribution in [0.3, 0.4) is 0 Å². The molecular weight excluding hydrogens is 290 g/mol. The van der Waals surface area contributed by atoms with Crippen LogP contribution in [0.2, 0.25) is 0 Å². The van der Waals surface area contributed by atoms with Crippen molar-refractivity contribution in [2.75, 3.05) is 38.7 Å². The molecule has 2 rings (SSSR count). The Morgan fingerprint density at radius 3 is 2.90 bits per heavy atom. The Kier molecular flexibility index (Phi) is 5.69. The number of likely N-dealkylation sites (N-methyl/N-ethyl adjacent to an activating group) is 1. The Balaban J connectivity index is 1.91. The first-order valence-electron chi connectivity index (χ1n) is 7.15. The monoisotopic (exact) mass is 313 g/mol. The summed E-state index contributed by atoms with van der Waals surface area (Å²) in [5.74, 6) is -0.0763. The molecule has 1 aromatic heterocycles. The molecule has 1 aliphatic heterocycles. The summed E-state index contributed by atoms with van der Waals surface area (Å²) in [5.41, 5.74) is -0.164. The molecule has 0 saturated carbocycles. The highest BCUT2D eigenvalue weighted by molar-refractivity contribution is 7.13. The van der Waals surface area contributed by atoms with E-state index in [2.05, 4.69) is 10.3 Å². The first kappa shape index (κ1) is 16.4. The van der Waals surface area contributed by atoms with Crippen molar-refractivity contribution in [2.24, 2.45) is 5.41 Å². The van der Waals surface area contributed by atoms with Gasteiger partial charge in [-0.2, -0.15) is 0 Å². The number of nitrogens with one attached hydrogen (secondary N) is 1. The molecule has 2 heterocycles. The summed E-state index contributed by atoms with van der Waals surface area (Å²) in [6.45, 7) is 4.02. The molecule has 0 aliphatic carbocycles. The van der Waals surface area contributed by atoms with Gasteiger partial charge in [0.2, 0.25) is 5.91 Å². The van der Waals surface area contributed by atoms with Gasteiger partial charge in [0, 0.05) is 36.8 Å². The number of thiazole rings is 1. The predicted molar refractivity (Wildman–Crippen MR) is 82.4 cm³/mol. The Hall–Kier alpha value is -1.02. The first-order valence-corrected chi connectivity index (χ1v) is 8.03. The summed E-state index contributed by atoms with van der Waals surface area (Å²) in [6.07, 6.45) is 3.32. The molecule has 0 unspecified atom stereocenters. The Labute approximate surface area is 129 Å². The van der Waals surface area contributed by atoms with Crippen molar-refractivity contribution in [3.63, 3.8) is 0 Å². The van der Waals surface area contributed by atoms with Crippen LogP contribution in [0.1, 0.15) is 19.8 Å². The number of aromatic nitrogens is 1. The third kappa shape index (κ3) is 4.23. The molecule has 7 heteroatoms. The maximum atomic E-state index is 12.2. The number of aliphatic hydroxyl groups is 1. The molecule has 2 N–H and O–H groups in total. The van der Waals surface area contributed by atoms with Gasteiger partial charge in [0.15, 0.2) is 5.13 Å². The summed E-state index contributed by atoms with van der Waals surface area (Å²) >= 11 is 1.40. The van der Waals surface area contributed by atoms with E-state index in [9.17, 15) is 9.90 Å². The average Bonchev–Trinajstić information content (AvgIpc) is 3.00. The van der Waals surface area contributed by atoms with Gasteiger partial charge in [0.1, 0.15) is 0 Å². The molecule has 118 valence electrons. The van der Waals surface area contributed by atoms with Gasteiger partial charge in [0.05, 0.1) is 12.6 Å².